The Labute approximate surface area is 201 Å². The van der Waals surface area contributed by atoms with Gasteiger partial charge in [0.1, 0.15) is 11.4 Å². The Morgan fingerprint density at radius 3 is 2.97 bits per heavy atom. The summed E-state index contributed by atoms with van der Waals surface area (Å²) in [5.74, 6) is 0.804. The summed E-state index contributed by atoms with van der Waals surface area (Å²) in [6.07, 6.45) is 11.8. The van der Waals surface area contributed by atoms with Gasteiger partial charge in [0.2, 0.25) is 0 Å². The summed E-state index contributed by atoms with van der Waals surface area (Å²) in [5.41, 5.74) is 3.13. The van der Waals surface area contributed by atoms with Crippen LogP contribution in [0.2, 0.25) is 0 Å². The standard InChI is InChI=1S/C27H36N4O3/c1-3-25(32)22-15-18(6-7-24(22)31-12-4-5-19(17-31)34-14-13-33-2)20-8-10-28-23-16-30-27-21(26(20)23)9-11-29-27/h8-11,16,18-19,22,24H,3-7,12-15,17H2,1-2H3,(H,29,30). The molecule has 34 heavy (non-hydrogen) atoms. The van der Waals surface area contributed by atoms with Gasteiger partial charge in [-0.2, -0.15) is 0 Å². The second-order valence-corrected chi connectivity index (χ2v) is 9.79. The molecule has 0 amide bonds. The molecule has 5 rings (SSSR count). The fourth-order valence-electron chi connectivity index (χ4n) is 6.20. The van der Waals surface area contributed by atoms with Gasteiger partial charge < -0.3 is 14.5 Å². The molecule has 2 aliphatic rings. The summed E-state index contributed by atoms with van der Waals surface area (Å²) in [6.45, 7) is 5.24. The smallest absolute Gasteiger partial charge is 0.137 e. The second kappa shape index (κ2) is 10.5. The van der Waals surface area contributed by atoms with E-state index in [0.717, 1.165) is 61.7 Å². The van der Waals surface area contributed by atoms with Crippen LogP contribution < -0.4 is 0 Å². The summed E-state index contributed by atoms with van der Waals surface area (Å²) in [5, 5.41) is 2.30. The Bertz CT molecular complexity index is 1130. The van der Waals surface area contributed by atoms with Crippen LogP contribution in [0.5, 0.6) is 0 Å². The largest absolute Gasteiger partial charge is 0.382 e. The van der Waals surface area contributed by atoms with E-state index in [2.05, 4.69) is 32.0 Å². The Balaban J connectivity index is 1.39. The Morgan fingerprint density at radius 2 is 2.12 bits per heavy atom. The molecule has 4 unspecified atom stereocenters. The average molecular weight is 465 g/mol. The van der Waals surface area contributed by atoms with Crippen molar-refractivity contribution in [3.05, 3.63) is 36.3 Å². The molecule has 0 aromatic carbocycles. The molecule has 3 aromatic rings. The number of rotatable bonds is 8. The highest BCUT2D eigenvalue weighted by molar-refractivity contribution is 6.05. The van der Waals surface area contributed by atoms with E-state index in [1.807, 2.05) is 25.5 Å². The van der Waals surface area contributed by atoms with Crippen LogP contribution in [0.3, 0.4) is 0 Å². The number of H-pyrrole nitrogens is 1. The number of ether oxygens (including phenoxy) is 2. The van der Waals surface area contributed by atoms with Crippen molar-refractivity contribution in [1.29, 1.82) is 0 Å². The van der Waals surface area contributed by atoms with Gasteiger partial charge in [0, 0.05) is 55.2 Å². The van der Waals surface area contributed by atoms with E-state index in [9.17, 15) is 4.79 Å². The second-order valence-electron chi connectivity index (χ2n) is 9.79. The molecule has 0 radical (unpaired) electrons. The molecule has 4 atom stereocenters. The lowest BCUT2D eigenvalue weighted by atomic mass is 9.71. The fourth-order valence-corrected chi connectivity index (χ4v) is 6.20. The topological polar surface area (TPSA) is 80.3 Å². The molecular weight excluding hydrogens is 428 g/mol. The number of piperidine rings is 1. The van der Waals surface area contributed by atoms with Gasteiger partial charge in [-0.25, -0.2) is 4.98 Å². The minimum Gasteiger partial charge on any atom is -0.382 e. The number of nitrogens with one attached hydrogen (secondary N) is 1. The van der Waals surface area contributed by atoms with E-state index >= 15 is 0 Å². The van der Waals surface area contributed by atoms with Crippen LogP contribution >= 0.6 is 0 Å². The van der Waals surface area contributed by atoms with Gasteiger partial charge in [-0.1, -0.05) is 6.92 Å². The molecule has 3 aromatic heterocycles. The molecular formula is C27H36N4O3. The fraction of sp³-hybridized carbons (Fsp3) is 0.593. The minimum atomic E-state index is 0.0632. The molecule has 1 saturated carbocycles. The van der Waals surface area contributed by atoms with E-state index in [1.165, 1.54) is 10.9 Å². The predicted octanol–water partition coefficient (Wildman–Crippen LogP) is 4.47. The van der Waals surface area contributed by atoms with Gasteiger partial charge in [0.05, 0.1) is 31.0 Å². The SMILES string of the molecule is CCC(=O)C1CC(c2ccnc3cnc4[nH]ccc4c23)CCC1N1CCCC(OCCOC)C1. The lowest BCUT2D eigenvalue weighted by molar-refractivity contribution is -0.127. The van der Waals surface area contributed by atoms with Crippen molar-refractivity contribution in [2.45, 2.75) is 63.5 Å². The van der Waals surface area contributed by atoms with Crippen LogP contribution in [0.15, 0.2) is 30.7 Å². The average Bonchev–Trinajstić information content (AvgIpc) is 3.37. The number of likely N-dealkylation sites (tertiary alicyclic amines) is 1. The maximum absolute atomic E-state index is 13.2. The number of aromatic nitrogens is 3. The highest BCUT2D eigenvalue weighted by Gasteiger charge is 2.40. The summed E-state index contributed by atoms with van der Waals surface area (Å²) < 4.78 is 11.2. The number of Topliss-reactive ketones (excluding diaryl/α,β-unsaturated/α-hetero) is 1. The van der Waals surface area contributed by atoms with Gasteiger partial charge >= 0.3 is 0 Å². The Morgan fingerprint density at radius 1 is 1.21 bits per heavy atom. The third kappa shape index (κ3) is 4.61. The predicted molar refractivity (Wildman–Crippen MR) is 133 cm³/mol. The first kappa shape index (κ1) is 23.4. The maximum atomic E-state index is 13.2. The number of hydrogen-bond acceptors (Lipinski definition) is 6. The van der Waals surface area contributed by atoms with E-state index in [-0.39, 0.29) is 12.0 Å². The lowest BCUT2D eigenvalue weighted by Gasteiger charge is -2.45. The molecule has 7 heteroatoms. The molecule has 4 heterocycles. The first-order valence-corrected chi connectivity index (χ1v) is 12.8. The monoisotopic (exact) mass is 464 g/mol. The number of ketones is 1. The van der Waals surface area contributed by atoms with Crippen LogP contribution in [-0.4, -0.2) is 71.2 Å². The third-order valence-electron chi connectivity index (χ3n) is 7.86. The number of aromatic amines is 1. The lowest BCUT2D eigenvalue weighted by Crippen LogP contribution is -2.52. The maximum Gasteiger partial charge on any atom is 0.137 e. The number of fused-ring (bicyclic) bond motifs is 3. The minimum absolute atomic E-state index is 0.0632. The van der Waals surface area contributed by atoms with Crippen molar-refractivity contribution in [3.8, 4) is 0 Å². The van der Waals surface area contributed by atoms with E-state index in [4.69, 9.17) is 9.47 Å². The van der Waals surface area contributed by atoms with Crippen LogP contribution in [0.4, 0.5) is 0 Å². The Kier molecular flexibility index (Phi) is 7.23. The number of methoxy groups -OCH3 is 1. The normalized spacial score (nSPS) is 26.3. The van der Waals surface area contributed by atoms with Crippen LogP contribution in [0, 0.1) is 5.92 Å². The first-order valence-electron chi connectivity index (χ1n) is 12.8. The first-order chi connectivity index (χ1) is 16.7. The van der Waals surface area contributed by atoms with Crippen molar-refractivity contribution in [2.24, 2.45) is 5.92 Å². The molecule has 7 nitrogen and oxygen atoms in total. The highest BCUT2D eigenvalue weighted by atomic mass is 16.5. The molecule has 0 spiro atoms. The highest BCUT2D eigenvalue weighted by Crippen LogP contribution is 2.43. The van der Waals surface area contributed by atoms with Gasteiger partial charge in [-0.15, -0.1) is 0 Å². The molecule has 182 valence electrons. The van der Waals surface area contributed by atoms with Gasteiger partial charge in [0.25, 0.3) is 0 Å². The molecule has 1 N–H and O–H groups in total. The van der Waals surface area contributed by atoms with Crippen LogP contribution in [0.1, 0.15) is 56.9 Å². The summed E-state index contributed by atoms with van der Waals surface area (Å²) in [4.78, 5) is 28.1. The summed E-state index contributed by atoms with van der Waals surface area (Å²) >= 11 is 0. The Hall–Kier alpha value is -2.35. The van der Waals surface area contributed by atoms with Crippen molar-refractivity contribution < 1.29 is 14.3 Å². The number of carbonyl (C=O) groups is 1. The molecule has 1 aliphatic carbocycles. The zero-order valence-electron chi connectivity index (χ0n) is 20.3. The summed E-state index contributed by atoms with van der Waals surface area (Å²) in [6, 6.07) is 4.56. The van der Waals surface area contributed by atoms with Crippen molar-refractivity contribution in [2.75, 3.05) is 33.4 Å². The van der Waals surface area contributed by atoms with E-state index < -0.39 is 0 Å². The van der Waals surface area contributed by atoms with Crippen molar-refractivity contribution in [3.63, 3.8) is 0 Å². The number of nitrogens with zero attached hydrogens (tertiary/aromatic N) is 3. The summed E-state index contributed by atoms with van der Waals surface area (Å²) in [7, 11) is 1.71. The van der Waals surface area contributed by atoms with Crippen molar-refractivity contribution >= 4 is 27.7 Å². The van der Waals surface area contributed by atoms with Gasteiger partial charge in [-0.3, -0.25) is 14.7 Å². The van der Waals surface area contributed by atoms with Crippen LogP contribution in [0.25, 0.3) is 21.9 Å². The number of hydrogen-bond donors (Lipinski definition) is 1. The van der Waals surface area contributed by atoms with Gasteiger partial charge in [0.15, 0.2) is 0 Å². The van der Waals surface area contributed by atoms with Crippen molar-refractivity contribution in [1.82, 2.24) is 19.9 Å². The quantitative estimate of drug-likeness (QED) is 0.496. The third-order valence-corrected chi connectivity index (χ3v) is 7.86. The number of pyridine rings is 2. The molecule has 1 aliphatic heterocycles. The molecule has 2 fully saturated rings. The number of carbonyl (C=O) groups excluding carboxylic acids is 1. The van der Waals surface area contributed by atoms with Crippen LogP contribution in [-0.2, 0) is 14.3 Å². The van der Waals surface area contributed by atoms with E-state index in [0.29, 0.717) is 37.4 Å². The zero-order chi connectivity index (χ0) is 23.5. The van der Waals surface area contributed by atoms with E-state index in [1.54, 1.807) is 7.11 Å². The molecule has 1 saturated heterocycles. The van der Waals surface area contributed by atoms with Gasteiger partial charge in [-0.05, 0) is 62.3 Å². The molecule has 0 bridgehead atoms. The zero-order valence-corrected chi connectivity index (χ0v) is 20.3.